The smallest absolute Gasteiger partial charge is 0.260 e. The van der Waals surface area contributed by atoms with Crippen molar-refractivity contribution >= 4 is 50.7 Å². The van der Waals surface area contributed by atoms with Gasteiger partial charge in [0.15, 0.2) is 10.4 Å². The molecule has 0 spiro atoms. The van der Waals surface area contributed by atoms with Crippen LogP contribution in [-0.4, -0.2) is 11.0 Å². The summed E-state index contributed by atoms with van der Waals surface area (Å²) >= 11 is 14.6. The van der Waals surface area contributed by atoms with Gasteiger partial charge in [0.05, 0.1) is 22.5 Å². The van der Waals surface area contributed by atoms with Crippen molar-refractivity contribution in [3.05, 3.63) is 44.7 Å². The van der Waals surface area contributed by atoms with Crippen molar-refractivity contribution in [1.29, 1.82) is 0 Å². The van der Waals surface area contributed by atoms with E-state index in [1.165, 1.54) is 24.5 Å². The van der Waals surface area contributed by atoms with Crippen molar-refractivity contribution in [3.8, 4) is 5.75 Å². The Morgan fingerprint density at radius 2 is 2.11 bits per heavy atom. The number of phenolic OH excluding ortho intramolecular Hbond substituents is 1. The van der Waals surface area contributed by atoms with Crippen LogP contribution in [0.5, 0.6) is 5.75 Å². The van der Waals surface area contributed by atoms with Crippen LogP contribution in [0.15, 0.2) is 33.5 Å². The predicted molar refractivity (Wildman–Crippen MR) is 72.5 cm³/mol. The van der Waals surface area contributed by atoms with Crippen LogP contribution < -0.4 is 5.32 Å². The molecule has 2 rings (SSSR count). The highest BCUT2D eigenvalue weighted by Gasteiger charge is 2.16. The molecule has 0 saturated heterocycles. The van der Waals surface area contributed by atoms with E-state index in [2.05, 4.69) is 21.2 Å². The lowest BCUT2D eigenvalue weighted by molar-refractivity contribution is 0.102. The van der Waals surface area contributed by atoms with Gasteiger partial charge >= 0.3 is 0 Å². The maximum atomic E-state index is 11.9. The Labute approximate surface area is 121 Å². The third-order valence-corrected chi connectivity index (χ3v) is 3.26. The number of hydrogen-bond donors (Lipinski definition) is 2. The molecule has 1 amide bonds. The molecule has 0 aliphatic heterocycles. The summed E-state index contributed by atoms with van der Waals surface area (Å²) in [4.78, 5) is 11.9. The van der Waals surface area contributed by atoms with Crippen LogP contribution in [0.2, 0.25) is 10.0 Å². The fourth-order valence-corrected chi connectivity index (χ4v) is 2.22. The SMILES string of the molecule is O=C(Nc1cc(Cl)cc(Cl)c1O)c1ccoc1Br. The fourth-order valence-electron chi connectivity index (χ4n) is 1.31. The quantitative estimate of drug-likeness (QED) is 0.793. The lowest BCUT2D eigenvalue weighted by Crippen LogP contribution is -2.11. The summed E-state index contributed by atoms with van der Waals surface area (Å²) in [6.45, 7) is 0. The first-order valence-electron chi connectivity index (χ1n) is 4.71. The van der Waals surface area contributed by atoms with Gasteiger partial charge < -0.3 is 14.8 Å². The molecule has 2 aromatic rings. The van der Waals surface area contributed by atoms with Gasteiger partial charge in [-0.1, -0.05) is 23.2 Å². The Morgan fingerprint density at radius 3 is 2.72 bits per heavy atom. The third kappa shape index (κ3) is 2.63. The van der Waals surface area contributed by atoms with Crippen LogP contribution in [-0.2, 0) is 0 Å². The van der Waals surface area contributed by atoms with Gasteiger partial charge in [-0.2, -0.15) is 0 Å². The number of benzene rings is 1. The molecule has 0 unspecified atom stereocenters. The van der Waals surface area contributed by atoms with Gasteiger partial charge in [0.25, 0.3) is 5.91 Å². The Kier molecular flexibility index (Phi) is 3.85. The molecular weight excluding hydrogens is 345 g/mol. The summed E-state index contributed by atoms with van der Waals surface area (Å²) < 4.78 is 5.24. The molecule has 1 aromatic carbocycles. The Balaban J connectivity index is 2.30. The molecule has 4 nitrogen and oxygen atoms in total. The second-order valence-corrected chi connectivity index (χ2v) is 4.91. The van der Waals surface area contributed by atoms with Crippen LogP contribution in [0.4, 0.5) is 5.69 Å². The van der Waals surface area contributed by atoms with Crippen molar-refractivity contribution < 1.29 is 14.3 Å². The molecule has 0 atom stereocenters. The summed E-state index contributed by atoms with van der Waals surface area (Å²) in [6, 6.07) is 4.26. The van der Waals surface area contributed by atoms with Gasteiger partial charge in [-0.15, -0.1) is 0 Å². The number of carbonyl (C=O) groups excluding carboxylic acids is 1. The number of amides is 1. The first-order chi connectivity index (χ1) is 8.49. The lowest BCUT2D eigenvalue weighted by Gasteiger charge is -2.08. The molecule has 2 N–H and O–H groups in total. The third-order valence-electron chi connectivity index (χ3n) is 2.14. The maximum absolute atomic E-state index is 11.9. The van der Waals surface area contributed by atoms with Gasteiger partial charge in [0, 0.05) is 5.02 Å². The van der Waals surface area contributed by atoms with Crippen molar-refractivity contribution in [3.63, 3.8) is 0 Å². The maximum Gasteiger partial charge on any atom is 0.260 e. The monoisotopic (exact) mass is 349 g/mol. The minimum atomic E-state index is -0.454. The van der Waals surface area contributed by atoms with Crippen molar-refractivity contribution in [2.75, 3.05) is 5.32 Å². The number of aromatic hydroxyl groups is 1. The highest BCUT2D eigenvalue weighted by Crippen LogP contribution is 2.35. The standard InChI is InChI=1S/C11H6BrCl2NO3/c12-10-6(1-2-18-10)11(17)15-8-4-5(13)3-7(14)9(8)16/h1-4,16H,(H,15,17). The molecule has 0 saturated carbocycles. The van der Waals surface area contributed by atoms with Gasteiger partial charge in [0.2, 0.25) is 0 Å². The minimum Gasteiger partial charge on any atom is -0.504 e. The number of nitrogens with one attached hydrogen (secondary N) is 1. The van der Waals surface area contributed by atoms with E-state index in [0.29, 0.717) is 15.3 Å². The van der Waals surface area contributed by atoms with Crippen LogP contribution in [0, 0.1) is 0 Å². The number of halogens is 3. The molecule has 0 aliphatic rings. The van der Waals surface area contributed by atoms with Crippen molar-refractivity contribution in [1.82, 2.24) is 0 Å². The molecule has 0 bridgehead atoms. The van der Waals surface area contributed by atoms with Crippen molar-refractivity contribution in [2.24, 2.45) is 0 Å². The molecule has 94 valence electrons. The number of carbonyl (C=O) groups is 1. The van der Waals surface area contributed by atoms with E-state index in [0.717, 1.165) is 0 Å². The highest BCUT2D eigenvalue weighted by atomic mass is 79.9. The highest BCUT2D eigenvalue weighted by molar-refractivity contribution is 9.10. The fraction of sp³-hybridized carbons (Fsp3) is 0. The summed E-state index contributed by atoms with van der Waals surface area (Å²) in [7, 11) is 0. The molecular formula is C11H6BrCl2NO3. The molecule has 0 fully saturated rings. The second kappa shape index (κ2) is 5.22. The van der Waals surface area contributed by atoms with Gasteiger partial charge in [0.1, 0.15) is 0 Å². The van der Waals surface area contributed by atoms with Crippen molar-refractivity contribution in [2.45, 2.75) is 0 Å². The summed E-state index contributed by atoms with van der Waals surface area (Å²) in [5.74, 6) is -0.696. The molecule has 0 aliphatic carbocycles. The van der Waals surface area contributed by atoms with E-state index in [1.54, 1.807) is 0 Å². The summed E-state index contributed by atoms with van der Waals surface area (Å²) in [6.07, 6.45) is 1.36. The van der Waals surface area contributed by atoms with Gasteiger partial charge in [-0.05, 0) is 34.1 Å². The van der Waals surface area contributed by atoms with Crippen LogP contribution >= 0.6 is 39.1 Å². The predicted octanol–water partition coefficient (Wildman–Crippen LogP) is 4.31. The number of anilines is 1. The summed E-state index contributed by atoms with van der Waals surface area (Å²) in [5, 5.41) is 12.5. The first-order valence-corrected chi connectivity index (χ1v) is 6.26. The van der Waals surface area contributed by atoms with E-state index in [4.69, 9.17) is 27.6 Å². The molecule has 1 heterocycles. The average molecular weight is 351 g/mol. The number of hydrogen-bond acceptors (Lipinski definition) is 3. The number of phenols is 1. The summed E-state index contributed by atoms with van der Waals surface area (Å²) in [5.41, 5.74) is 0.427. The Hall–Kier alpha value is -1.17. The van der Waals surface area contributed by atoms with E-state index in [-0.39, 0.29) is 16.5 Å². The van der Waals surface area contributed by atoms with E-state index in [9.17, 15) is 9.90 Å². The van der Waals surface area contributed by atoms with Crippen LogP contribution in [0.1, 0.15) is 10.4 Å². The van der Waals surface area contributed by atoms with E-state index in [1.807, 2.05) is 0 Å². The van der Waals surface area contributed by atoms with Crippen LogP contribution in [0.25, 0.3) is 0 Å². The number of rotatable bonds is 2. The Morgan fingerprint density at radius 1 is 1.39 bits per heavy atom. The molecule has 0 radical (unpaired) electrons. The minimum absolute atomic E-state index is 0.0593. The normalized spacial score (nSPS) is 10.4. The zero-order valence-corrected chi connectivity index (χ0v) is 11.8. The van der Waals surface area contributed by atoms with Gasteiger partial charge in [-0.25, -0.2) is 0 Å². The number of furan rings is 1. The van der Waals surface area contributed by atoms with Crippen LogP contribution in [0.3, 0.4) is 0 Å². The second-order valence-electron chi connectivity index (χ2n) is 3.35. The van der Waals surface area contributed by atoms with Gasteiger partial charge in [-0.3, -0.25) is 4.79 Å². The molecule has 18 heavy (non-hydrogen) atoms. The topological polar surface area (TPSA) is 62.5 Å². The molecule has 7 heteroatoms. The largest absolute Gasteiger partial charge is 0.504 e. The molecule has 1 aromatic heterocycles. The zero-order valence-electron chi connectivity index (χ0n) is 8.71. The van der Waals surface area contributed by atoms with E-state index < -0.39 is 5.91 Å². The zero-order chi connectivity index (χ0) is 13.3. The average Bonchev–Trinajstić information content (AvgIpc) is 2.71. The Bertz CT molecular complexity index is 612. The lowest BCUT2D eigenvalue weighted by atomic mass is 10.2. The van der Waals surface area contributed by atoms with E-state index >= 15 is 0 Å². The first kappa shape index (κ1) is 13.3.